The molecule has 1 aromatic carbocycles. The summed E-state index contributed by atoms with van der Waals surface area (Å²) < 4.78 is 28.1. The highest BCUT2D eigenvalue weighted by molar-refractivity contribution is 8.06. The van der Waals surface area contributed by atoms with Crippen LogP contribution in [0, 0.1) is 5.92 Å². The molecule has 2 N–H and O–H groups in total. The molecule has 2 aliphatic rings. The molecule has 0 aliphatic carbocycles. The van der Waals surface area contributed by atoms with E-state index in [1.807, 2.05) is 0 Å². The zero-order chi connectivity index (χ0) is 28.2. The van der Waals surface area contributed by atoms with Gasteiger partial charge in [0, 0.05) is 12.6 Å². The molecule has 2 aromatic rings. The number of sulfonamides is 1. The number of hydrogen-bond acceptors (Lipinski definition) is 10. The summed E-state index contributed by atoms with van der Waals surface area (Å²) in [6.07, 6.45) is 4.20. The second kappa shape index (κ2) is 11.9. The number of Topliss-reactive ketones (excluding diaryl/α,β-unsaturated/α-hetero) is 2. The lowest BCUT2D eigenvalue weighted by Gasteiger charge is -2.33. The Labute approximate surface area is 226 Å². The van der Waals surface area contributed by atoms with Crippen LogP contribution < -0.4 is 10.6 Å². The number of para-hydroxylation sites is 2. The fourth-order valence-corrected chi connectivity index (χ4v) is 6.16. The molecule has 1 fully saturated rings. The van der Waals surface area contributed by atoms with Gasteiger partial charge in [0.2, 0.25) is 5.04 Å². The highest BCUT2D eigenvalue weighted by Gasteiger charge is 2.46. The van der Waals surface area contributed by atoms with Gasteiger partial charge in [-0.25, -0.2) is 14.3 Å². The predicted octanol–water partition coefficient (Wildman–Crippen LogP) is 1.14. The van der Waals surface area contributed by atoms with Gasteiger partial charge in [-0.15, -0.1) is 0 Å². The molecular formula is C26H30N6O6S. The van der Waals surface area contributed by atoms with Gasteiger partial charge >= 0.3 is 0 Å². The van der Waals surface area contributed by atoms with E-state index < -0.39 is 50.5 Å². The van der Waals surface area contributed by atoms with Gasteiger partial charge in [-0.2, -0.15) is 8.42 Å². The number of ketones is 2. The minimum Gasteiger partial charge on any atom is -0.339 e. The van der Waals surface area contributed by atoms with Crippen molar-refractivity contribution in [3.05, 3.63) is 48.4 Å². The van der Waals surface area contributed by atoms with Gasteiger partial charge in [0.1, 0.15) is 17.8 Å². The third kappa shape index (κ3) is 6.25. The van der Waals surface area contributed by atoms with Crippen LogP contribution in [0.1, 0.15) is 50.0 Å². The van der Waals surface area contributed by atoms with Gasteiger partial charge in [-0.1, -0.05) is 32.1 Å². The third-order valence-electron chi connectivity index (χ3n) is 6.34. The van der Waals surface area contributed by atoms with Crippen molar-refractivity contribution in [2.45, 2.75) is 51.6 Å². The number of rotatable bonds is 6. The van der Waals surface area contributed by atoms with Crippen molar-refractivity contribution in [1.82, 2.24) is 24.9 Å². The Bertz CT molecular complexity index is 1470. The summed E-state index contributed by atoms with van der Waals surface area (Å²) >= 11 is 0. The first-order valence-corrected chi connectivity index (χ1v) is 14.1. The number of fused-ring (bicyclic) bond motifs is 1. The Morgan fingerprint density at radius 1 is 1.18 bits per heavy atom. The molecule has 13 heteroatoms. The topological polar surface area (TPSA) is 168 Å². The van der Waals surface area contributed by atoms with E-state index in [1.54, 1.807) is 38.1 Å². The molecular weight excluding hydrogens is 524 g/mol. The van der Waals surface area contributed by atoms with Crippen LogP contribution in [0.15, 0.2) is 47.7 Å². The zero-order valence-electron chi connectivity index (χ0n) is 21.7. The number of hydrogen-bond donors (Lipinski definition) is 2. The standard InChI is InChI=1S/C26H30N6O6S/c1-16(2)13-19(31-24(35)20-14-29-17-7-3-4-8-18(17)30-20)26(36)32(21-9-5-11-27-15-23(21)34)39(37,38)25-22(33)10-6-12-28-25/h3-4,6-8,12,14,16,19,21,27H,5,9-11,13,15H2,1-2H3,(H,31,35)/t19?,21-/m0/s1. The Hall–Kier alpha value is -3.84. The monoisotopic (exact) mass is 554 g/mol. The van der Waals surface area contributed by atoms with Crippen LogP contribution >= 0.6 is 0 Å². The first kappa shape index (κ1) is 28.2. The van der Waals surface area contributed by atoms with Gasteiger partial charge < -0.3 is 10.6 Å². The predicted molar refractivity (Wildman–Crippen MR) is 143 cm³/mol. The molecule has 0 spiro atoms. The molecule has 0 saturated carbocycles. The van der Waals surface area contributed by atoms with E-state index in [0.717, 1.165) is 0 Å². The number of aromatic nitrogens is 2. The maximum atomic E-state index is 14.1. The summed E-state index contributed by atoms with van der Waals surface area (Å²) in [7, 11) is -4.83. The first-order chi connectivity index (χ1) is 18.6. The van der Waals surface area contributed by atoms with Crippen LogP contribution in [0.3, 0.4) is 0 Å². The van der Waals surface area contributed by atoms with Crippen LogP contribution in [0.5, 0.6) is 0 Å². The number of allylic oxidation sites excluding steroid dienone is 1. The number of benzene rings is 1. The van der Waals surface area contributed by atoms with E-state index in [-0.39, 0.29) is 37.4 Å². The molecule has 1 saturated heterocycles. The van der Waals surface area contributed by atoms with Crippen LogP contribution in [0.2, 0.25) is 0 Å². The number of carbonyl (C=O) groups is 4. The number of aliphatic imine (C=N–C) groups is 1. The minimum atomic E-state index is -4.83. The van der Waals surface area contributed by atoms with Gasteiger partial charge in [0.15, 0.2) is 11.6 Å². The molecule has 39 heavy (non-hydrogen) atoms. The summed E-state index contributed by atoms with van der Waals surface area (Å²) in [4.78, 5) is 65.1. The largest absolute Gasteiger partial charge is 0.339 e. The first-order valence-electron chi connectivity index (χ1n) is 12.7. The third-order valence-corrected chi connectivity index (χ3v) is 8.11. The van der Waals surface area contributed by atoms with E-state index in [9.17, 15) is 27.6 Å². The Balaban J connectivity index is 1.73. The number of nitrogens with zero attached hydrogens (tertiary/aromatic N) is 4. The van der Waals surface area contributed by atoms with Gasteiger partial charge in [-0.3, -0.25) is 24.2 Å². The second-order valence-electron chi connectivity index (χ2n) is 9.79. The number of carbonyl (C=O) groups excluding carboxylic acids is 4. The number of amides is 2. The summed E-state index contributed by atoms with van der Waals surface area (Å²) in [5.41, 5.74) is 0.990. The van der Waals surface area contributed by atoms with Crippen LogP contribution in [0.4, 0.5) is 0 Å². The molecule has 4 rings (SSSR count). The quantitative estimate of drug-likeness (QED) is 0.532. The van der Waals surface area contributed by atoms with Gasteiger partial charge in [0.05, 0.1) is 23.8 Å². The Morgan fingerprint density at radius 2 is 1.92 bits per heavy atom. The maximum Gasteiger partial charge on any atom is 0.288 e. The summed E-state index contributed by atoms with van der Waals surface area (Å²) in [5.74, 6) is -3.19. The van der Waals surface area contributed by atoms with Crippen molar-refractivity contribution in [1.29, 1.82) is 0 Å². The SMILES string of the molecule is CC(C)CC(NC(=O)c1cnc2ccccc2n1)C(=O)N([C@H]1CCCNCC1=O)S(=O)(=O)C1=NC=CCC1=O. The molecule has 2 amide bonds. The molecule has 0 radical (unpaired) electrons. The fourth-order valence-electron chi connectivity index (χ4n) is 4.49. The molecule has 0 bridgehead atoms. The van der Waals surface area contributed by atoms with Crippen LogP contribution in [-0.4, -0.2) is 76.3 Å². The smallest absolute Gasteiger partial charge is 0.288 e. The van der Waals surface area contributed by atoms with Crippen molar-refractivity contribution in [2.24, 2.45) is 10.9 Å². The normalized spacial score (nSPS) is 18.9. The van der Waals surface area contributed by atoms with Crippen LogP contribution in [-0.2, 0) is 24.4 Å². The highest BCUT2D eigenvalue weighted by atomic mass is 32.2. The summed E-state index contributed by atoms with van der Waals surface area (Å²) in [6, 6.07) is 4.26. The maximum absolute atomic E-state index is 14.1. The van der Waals surface area contributed by atoms with Crippen molar-refractivity contribution in [3.63, 3.8) is 0 Å². The highest BCUT2D eigenvalue weighted by Crippen LogP contribution is 2.23. The van der Waals surface area contributed by atoms with E-state index in [4.69, 9.17) is 0 Å². The molecule has 206 valence electrons. The van der Waals surface area contributed by atoms with Crippen molar-refractivity contribution in [2.75, 3.05) is 13.1 Å². The molecule has 3 heterocycles. The second-order valence-corrected chi connectivity index (χ2v) is 11.5. The lowest BCUT2D eigenvalue weighted by Crippen LogP contribution is -2.58. The Morgan fingerprint density at radius 3 is 2.64 bits per heavy atom. The molecule has 2 atom stereocenters. The Kier molecular flexibility index (Phi) is 8.60. The molecule has 1 unspecified atom stereocenters. The lowest BCUT2D eigenvalue weighted by atomic mass is 10.0. The average molecular weight is 555 g/mol. The van der Waals surface area contributed by atoms with Gasteiger partial charge in [0.25, 0.3) is 21.8 Å². The minimum absolute atomic E-state index is 0.0589. The van der Waals surface area contributed by atoms with E-state index in [0.29, 0.717) is 28.3 Å². The van der Waals surface area contributed by atoms with E-state index >= 15 is 0 Å². The van der Waals surface area contributed by atoms with Crippen molar-refractivity contribution >= 4 is 49.5 Å². The summed E-state index contributed by atoms with van der Waals surface area (Å²) in [6.45, 7) is 3.93. The summed E-state index contributed by atoms with van der Waals surface area (Å²) in [5, 5.41) is 4.71. The van der Waals surface area contributed by atoms with Crippen LogP contribution in [0.25, 0.3) is 11.0 Å². The molecule has 2 aliphatic heterocycles. The van der Waals surface area contributed by atoms with Crippen molar-refractivity contribution < 1.29 is 27.6 Å². The molecule has 12 nitrogen and oxygen atoms in total. The van der Waals surface area contributed by atoms with Crippen molar-refractivity contribution in [3.8, 4) is 0 Å². The van der Waals surface area contributed by atoms with E-state index in [2.05, 4.69) is 25.6 Å². The molecule has 1 aromatic heterocycles. The van der Waals surface area contributed by atoms with E-state index in [1.165, 1.54) is 18.5 Å². The fraction of sp³-hybridized carbons (Fsp3) is 0.423. The lowest BCUT2D eigenvalue weighted by molar-refractivity contribution is -0.135. The van der Waals surface area contributed by atoms with Gasteiger partial charge in [-0.05, 0) is 43.9 Å². The average Bonchev–Trinajstić information content (AvgIpc) is 3.11. The zero-order valence-corrected chi connectivity index (χ0v) is 22.5. The number of nitrogens with one attached hydrogen (secondary N) is 2.